The lowest BCUT2D eigenvalue weighted by atomic mass is 10.1. The Kier molecular flexibility index (Phi) is 5.86. The van der Waals surface area contributed by atoms with E-state index in [0.29, 0.717) is 6.04 Å². The Bertz CT molecular complexity index is 397. The average molecular weight is 267 g/mol. The molecule has 1 aromatic rings. The topological polar surface area (TPSA) is 20.3 Å². The van der Waals surface area contributed by atoms with Crippen molar-refractivity contribution < 1.29 is 4.79 Å². The number of hydrogen-bond donors (Lipinski definition) is 0. The van der Waals surface area contributed by atoms with E-state index in [0.717, 1.165) is 36.2 Å². The standard InChI is InChI=1S/C15H25NOS/c1-6-8-9-16(11(3)7-2)15(17)14-10-12(4)18-13(14)5/h10-11H,6-9H2,1-5H3. The Morgan fingerprint density at radius 1 is 1.39 bits per heavy atom. The molecule has 1 aromatic heterocycles. The van der Waals surface area contributed by atoms with E-state index < -0.39 is 0 Å². The van der Waals surface area contributed by atoms with Gasteiger partial charge in [-0.2, -0.15) is 0 Å². The van der Waals surface area contributed by atoms with Crippen molar-refractivity contribution in [1.82, 2.24) is 4.90 Å². The molecule has 0 saturated carbocycles. The molecule has 1 unspecified atom stereocenters. The third-order valence-corrected chi connectivity index (χ3v) is 4.37. The first-order valence-corrected chi connectivity index (χ1v) is 7.70. The number of carbonyl (C=O) groups excluding carboxylic acids is 1. The predicted molar refractivity (Wildman–Crippen MR) is 79.5 cm³/mol. The van der Waals surface area contributed by atoms with Crippen LogP contribution in [0, 0.1) is 13.8 Å². The molecular weight excluding hydrogens is 242 g/mol. The van der Waals surface area contributed by atoms with Crippen molar-refractivity contribution >= 4 is 17.2 Å². The number of hydrogen-bond acceptors (Lipinski definition) is 2. The zero-order chi connectivity index (χ0) is 13.7. The second-order valence-electron chi connectivity index (χ2n) is 4.94. The molecule has 0 N–H and O–H groups in total. The van der Waals surface area contributed by atoms with E-state index in [9.17, 15) is 4.79 Å². The second-order valence-corrected chi connectivity index (χ2v) is 6.40. The molecule has 1 heterocycles. The minimum atomic E-state index is 0.208. The van der Waals surface area contributed by atoms with E-state index in [4.69, 9.17) is 0 Å². The first-order chi connectivity index (χ1) is 8.51. The number of unbranched alkanes of at least 4 members (excludes halogenated alkanes) is 1. The average Bonchev–Trinajstić information content (AvgIpc) is 2.68. The summed E-state index contributed by atoms with van der Waals surface area (Å²) in [5.41, 5.74) is 0.897. The van der Waals surface area contributed by atoms with Gasteiger partial charge in [-0.25, -0.2) is 0 Å². The maximum atomic E-state index is 12.6. The van der Waals surface area contributed by atoms with Crippen molar-refractivity contribution in [2.45, 2.75) is 59.9 Å². The molecule has 0 fully saturated rings. The smallest absolute Gasteiger partial charge is 0.255 e. The fourth-order valence-corrected chi connectivity index (χ4v) is 2.98. The van der Waals surface area contributed by atoms with Gasteiger partial charge in [-0.15, -0.1) is 11.3 Å². The van der Waals surface area contributed by atoms with Gasteiger partial charge >= 0.3 is 0 Å². The summed E-state index contributed by atoms with van der Waals surface area (Å²) in [4.78, 5) is 17.0. The number of rotatable bonds is 6. The highest BCUT2D eigenvalue weighted by Gasteiger charge is 2.22. The van der Waals surface area contributed by atoms with E-state index in [1.54, 1.807) is 11.3 Å². The lowest BCUT2D eigenvalue weighted by molar-refractivity contribution is 0.0685. The molecule has 18 heavy (non-hydrogen) atoms. The van der Waals surface area contributed by atoms with Crippen LogP contribution in [0.1, 0.15) is 60.1 Å². The van der Waals surface area contributed by atoms with Crippen molar-refractivity contribution in [2.75, 3.05) is 6.54 Å². The van der Waals surface area contributed by atoms with Crippen LogP contribution in [-0.4, -0.2) is 23.4 Å². The highest BCUT2D eigenvalue weighted by molar-refractivity contribution is 7.12. The van der Waals surface area contributed by atoms with Crippen molar-refractivity contribution in [2.24, 2.45) is 0 Å². The van der Waals surface area contributed by atoms with E-state index >= 15 is 0 Å². The summed E-state index contributed by atoms with van der Waals surface area (Å²) in [5.74, 6) is 0.208. The van der Waals surface area contributed by atoms with Crippen LogP contribution in [0.15, 0.2) is 6.07 Å². The second kappa shape index (κ2) is 6.93. The molecule has 0 radical (unpaired) electrons. The molecule has 1 amide bonds. The van der Waals surface area contributed by atoms with Crippen LogP contribution in [0.3, 0.4) is 0 Å². The fourth-order valence-electron chi connectivity index (χ4n) is 2.07. The normalized spacial score (nSPS) is 12.5. The van der Waals surface area contributed by atoms with E-state index in [1.165, 1.54) is 4.88 Å². The predicted octanol–water partition coefficient (Wildman–Crippen LogP) is 4.41. The number of aryl methyl sites for hydroxylation is 2. The molecular formula is C15H25NOS. The molecule has 1 atom stereocenters. The van der Waals surface area contributed by atoms with Crippen molar-refractivity contribution in [1.29, 1.82) is 0 Å². The summed E-state index contributed by atoms with van der Waals surface area (Å²) in [6.45, 7) is 11.4. The van der Waals surface area contributed by atoms with Crippen LogP contribution >= 0.6 is 11.3 Å². The third-order valence-electron chi connectivity index (χ3n) is 3.41. The molecule has 0 aliphatic carbocycles. The van der Waals surface area contributed by atoms with Gasteiger partial charge < -0.3 is 4.90 Å². The maximum absolute atomic E-state index is 12.6. The third kappa shape index (κ3) is 3.58. The number of thiophene rings is 1. The Hall–Kier alpha value is -0.830. The molecule has 0 aliphatic rings. The van der Waals surface area contributed by atoms with Crippen LogP contribution in [0.4, 0.5) is 0 Å². The molecule has 0 aliphatic heterocycles. The molecule has 3 heteroatoms. The van der Waals surface area contributed by atoms with Crippen LogP contribution in [0.2, 0.25) is 0 Å². The zero-order valence-corrected chi connectivity index (χ0v) is 13.1. The number of nitrogens with zero attached hydrogens (tertiary/aromatic N) is 1. The lowest BCUT2D eigenvalue weighted by Crippen LogP contribution is -2.39. The van der Waals surface area contributed by atoms with Gasteiger partial charge in [0, 0.05) is 22.3 Å². The maximum Gasteiger partial charge on any atom is 0.255 e. The molecule has 1 rings (SSSR count). The number of carbonyl (C=O) groups is 1. The summed E-state index contributed by atoms with van der Waals surface area (Å²) in [7, 11) is 0. The molecule has 102 valence electrons. The molecule has 0 spiro atoms. The van der Waals surface area contributed by atoms with Gasteiger partial charge in [0.2, 0.25) is 0 Å². The van der Waals surface area contributed by atoms with E-state index in [-0.39, 0.29) is 5.91 Å². The van der Waals surface area contributed by atoms with E-state index in [1.807, 2.05) is 17.9 Å². The highest BCUT2D eigenvalue weighted by atomic mass is 32.1. The SMILES string of the molecule is CCCCN(C(=O)c1cc(C)sc1C)C(C)CC. The highest BCUT2D eigenvalue weighted by Crippen LogP contribution is 2.23. The summed E-state index contributed by atoms with van der Waals surface area (Å²) in [6.07, 6.45) is 3.22. The van der Waals surface area contributed by atoms with Gasteiger partial charge in [0.25, 0.3) is 5.91 Å². The van der Waals surface area contributed by atoms with Gasteiger partial charge in [-0.3, -0.25) is 4.79 Å². The van der Waals surface area contributed by atoms with Gasteiger partial charge in [-0.05, 0) is 39.7 Å². The summed E-state index contributed by atoms with van der Waals surface area (Å²) >= 11 is 1.71. The fraction of sp³-hybridized carbons (Fsp3) is 0.667. The lowest BCUT2D eigenvalue weighted by Gasteiger charge is -2.28. The Balaban J connectivity index is 2.91. The van der Waals surface area contributed by atoms with Gasteiger partial charge in [-0.1, -0.05) is 20.3 Å². The Morgan fingerprint density at radius 2 is 2.06 bits per heavy atom. The molecule has 2 nitrogen and oxygen atoms in total. The molecule has 0 aromatic carbocycles. The first-order valence-electron chi connectivity index (χ1n) is 6.89. The van der Waals surface area contributed by atoms with Crippen LogP contribution in [0.25, 0.3) is 0 Å². The minimum absolute atomic E-state index is 0.208. The Labute approximate surface area is 115 Å². The summed E-state index contributed by atoms with van der Waals surface area (Å²) < 4.78 is 0. The molecule has 0 bridgehead atoms. The van der Waals surface area contributed by atoms with Crippen LogP contribution in [0.5, 0.6) is 0 Å². The van der Waals surface area contributed by atoms with Crippen molar-refractivity contribution in [3.05, 3.63) is 21.4 Å². The monoisotopic (exact) mass is 267 g/mol. The quantitative estimate of drug-likeness (QED) is 0.748. The zero-order valence-electron chi connectivity index (χ0n) is 12.2. The molecule has 0 saturated heterocycles. The van der Waals surface area contributed by atoms with E-state index in [2.05, 4.69) is 27.7 Å². The Morgan fingerprint density at radius 3 is 2.50 bits per heavy atom. The van der Waals surface area contributed by atoms with Crippen molar-refractivity contribution in [3.63, 3.8) is 0 Å². The number of amides is 1. The minimum Gasteiger partial charge on any atom is -0.336 e. The summed E-state index contributed by atoms with van der Waals surface area (Å²) in [5, 5.41) is 0. The van der Waals surface area contributed by atoms with Crippen LogP contribution < -0.4 is 0 Å². The summed E-state index contributed by atoms with van der Waals surface area (Å²) in [6, 6.07) is 2.35. The van der Waals surface area contributed by atoms with Crippen LogP contribution in [-0.2, 0) is 0 Å². The first kappa shape index (κ1) is 15.2. The van der Waals surface area contributed by atoms with Crippen molar-refractivity contribution in [3.8, 4) is 0 Å². The van der Waals surface area contributed by atoms with Gasteiger partial charge in [0.15, 0.2) is 0 Å². The van der Waals surface area contributed by atoms with Gasteiger partial charge in [0.05, 0.1) is 5.56 Å². The van der Waals surface area contributed by atoms with Gasteiger partial charge in [0.1, 0.15) is 0 Å². The largest absolute Gasteiger partial charge is 0.336 e.